The Morgan fingerprint density at radius 1 is 1.11 bits per heavy atom. The molecule has 2 atom stereocenters. The highest BCUT2D eigenvalue weighted by molar-refractivity contribution is 7.89. The lowest BCUT2D eigenvalue weighted by atomic mass is 9.88. The summed E-state index contributed by atoms with van der Waals surface area (Å²) in [6.45, 7) is 4.19. The van der Waals surface area contributed by atoms with E-state index in [1.54, 1.807) is 37.4 Å². The van der Waals surface area contributed by atoms with Gasteiger partial charge in [0.2, 0.25) is 15.9 Å². The van der Waals surface area contributed by atoms with E-state index in [0.717, 1.165) is 5.56 Å². The normalized spacial score (nSPS) is 20.3. The van der Waals surface area contributed by atoms with Crippen molar-refractivity contribution in [2.45, 2.75) is 30.7 Å². The van der Waals surface area contributed by atoms with Crippen LogP contribution in [0.5, 0.6) is 5.75 Å². The van der Waals surface area contributed by atoms with Crippen molar-refractivity contribution in [3.8, 4) is 5.75 Å². The summed E-state index contributed by atoms with van der Waals surface area (Å²) in [5.41, 5.74) is 0.897. The fourth-order valence-electron chi connectivity index (χ4n) is 3.57. The third-order valence-corrected chi connectivity index (χ3v) is 6.80. The first-order valence-electron chi connectivity index (χ1n) is 9.32. The molecule has 1 saturated heterocycles. The minimum Gasteiger partial charge on any atom is -0.497 e. The largest absolute Gasteiger partial charge is 0.497 e. The van der Waals surface area contributed by atoms with Crippen LogP contribution in [0.25, 0.3) is 0 Å². The van der Waals surface area contributed by atoms with Crippen LogP contribution in [0.4, 0.5) is 0 Å². The molecule has 1 amide bonds. The number of amides is 1. The Balaban J connectivity index is 1.95. The van der Waals surface area contributed by atoms with E-state index in [-0.39, 0.29) is 35.9 Å². The molecule has 7 heteroatoms. The molecule has 28 heavy (non-hydrogen) atoms. The Labute approximate surface area is 166 Å². The first kappa shape index (κ1) is 20.4. The molecule has 0 bridgehead atoms. The van der Waals surface area contributed by atoms with Gasteiger partial charge in [0, 0.05) is 25.0 Å². The summed E-state index contributed by atoms with van der Waals surface area (Å²) in [6.07, 6.45) is 0. The van der Waals surface area contributed by atoms with Crippen molar-refractivity contribution in [2.24, 2.45) is 5.92 Å². The topological polar surface area (TPSA) is 75.7 Å². The number of benzene rings is 2. The van der Waals surface area contributed by atoms with Gasteiger partial charge in [0.05, 0.1) is 17.9 Å². The Kier molecular flexibility index (Phi) is 6.05. The van der Waals surface area contributed by atoms with E-state index in [0.29, 0.717) is 5.75 Å². The van der Waals surface area contributed by atoms with Gasteiger partial charge >= 0.3 is 0 Å². The fraction of sp³-hybridized carbons (Fsp3) is 0.381. The average molecular weight is 403 g/mol. The van der Waals surface area contributed by atoms with Crippen LogP contribution in [-0.2, 0) is 14.8 Å². The molecule has 1 heterocycles. The van der Waals surface area contributed by atoms with E-state index in [9.17, 15) is 13.2 Å². The number of methoxy groups -OCH3 is 1. The molecule has 2 aromatic rings. The van der Waals surface area contributed by atoms with Crippen molar-refractivity contribution < 1.29 is 17.9 Å². The summed E-state index contributed by atoms with van der Waals surface area (Å²) in [6, 6.07) is 15.8. The summed E-state index contributed by atoms with van der Waals surface area (Å²) in [5, 5.41) is 2.93. The average Bonchev–Trinajstić information content (AvgIpc) is 3.15. The van der Waals surface area contributed by atoms with Crippen LogP contribution in [-0.4, -0.2) is 44.9 Å². The predicted molar refractivity (Wildman–Crippen MR) is 108 cm³/mol. The number of nitrogens with zero attached hydrogens (tertiary/aromatic N) is 1. The summed E-state index contributed by atoms with van der Waals surface area (Å²) in [7, 11) is -2.08. The molecule has 6 nitrogen and oxygen atoms in total. The highest BCUT2D eigenvalue weighted by Crippen LogP contribution is 2.37. The quantitative estimate of drug-likeness (QED) is 0.806. The van der Waals surface area contributed by atoms with Gasteiger partial charge in [-0.1, -0.05) is 30.3 Å². The zero-order chi connectivity index (χ0) is 20.3. The monoisotopic (exact) mass is 402 g/mol. The smallest absolute Gasteiger partial charge is 0.243 e. The number of nitrogens with one attached hydrogen (secondary N) is 1. The number of rotatable bonds is 6. The van der Waals surface area contributed by atoms with Crippen LogP contribution in [0.3, 0.4) is 0 Å². The lowest BCUT2D eigenvalue weighted by Gasteiger charge is -2.20. The molecule has 1 N–H and O–H groups in total. The summed E-state index contributed by atoms with van der Waals surface area (Å²) >= 11 is 0. The van der Waals surface area contributed by atoms with Gasteiger partial charge in [-0.05, 0) is 43.7 Å². The molecule has 2 unspecified atom stereocenters. The van der Waals surface area contributed by atoms with E-state index in [1.165, 1.54) is 4.31 Å². The zero-order valence-corrected chi connectivity index (χ0v) is 17.1. The Hall–Kier alpha value is -2.38. The lowest BCUT2D eigenvalue weighted by molar-refractivity contribution is -0.125. The third-order valence-electron chi connectivity index (χ3n) is 4.96. The first-order valence-corrected chi connectivity index (χ1v) is 10.8. The molecule has 0 radical (unpaired) electrons. The number of ether oxygens (including phenoxy) is 1. The Bertz CT molecular complexity index is 928. The van der Waals surface area contributed by atoms with Crippen LogP contribution >= 0.6 is 0 Å². The molecular formula is C21H26N2O4S. The van der Waals surface area contributed by atoms with Gasteiger partial charge in [-0.3, -0.25) is 4.79 Å². The van der Waals surface area contributed by atoms with E-state index in [4.69, 9.17) is 4.74 Å². The van der Waals surface area contributed by atoms with Crippen molar-refractivity contribution in [3.63, 3.8) is 0 Å². The van der Waals surface area contributed by atoms with Gasteiger partial charge in [0.15, 0.2) is 0 Å². The van der Waals surface area contributed by atoms with Crippen LogP contribution in [0.1, 0.15) is 25.3 Å². The second-order valence-corrected chi connectivity index (χ2v) is 9.23. The van der Waals surface area contributed by atoms with Crippen molar-refractivity contribution in [3.05, 3.63) is 60.2 Å². The van der Waals surface area contributed by atoms with E-state index in [1.807, 2.05) is 38.1 Å². The van der Waals surface area contributed by atoms with E-state index < -0.39 is 15.9 Å². The van der Waals surface area contributed by atoms with Gasteiger partial charge in [-0.2, -0.15) is 4.31 Å². The number of hydrogen-bond donors (Lipinski definition) is 1. The molecule has 0 saturated carbocycles. The van der Waals surface area contributed by atoms with Crippen molar-refractivity contribution in [2.75, 3.05) is 20.2 Å². The molecule has 1 aliphatic rings. The molecule has 3 rings (SSSR count). The molecule has 2 aromatic carbocycles. The van der Waals surface area contributed by atoms with Crippen molar-refractivity contribution in [1.29, 1.82) is 0 Å². The molecule has 1 fully saturated rings. The Morgan fingerprint density at radius 2 is 1.82 bits per heavy atom. The molecule has 0 aromatic heterocycles. The van der Waals surface area contributed by atoms with Crippen LogP contribution in [0.2, 0.25) is 0 Å². The highest BCUT2D eigenvalue weighted by Gasteiger charge is 2.43. The van der Waals surface area contributed by atoms with Gasteiger partial charge in [0.25, 0.3) is 0 Å². The number of carbonyl (C=O) groups is 1. The zero-order valence-electron chi connectivity index (χ0n) is 16.3. The SMILES string of the molecule is COc1cccc(C2CN(S(=O)(=O)c3ccccc3)CC2C(=O)NC(C)C)c1. The van der Waals surface area contributed by atoms with Crippen molar-refractivity contribution >= 4 is 15.9 Å². The van der Waals surface area contributed by atoms with Crippen LogP contribution < -0.4 is 10.1 Å². The minimum absolute atomic E-state index is 0.0155. The summed E-state index contributed by atoms with van der Waals surface area (Å²) in [4.78, 5) is 13.1. The van der Waals surface area contributed by atoms with Crippen LogP contribution in [0.15, 0.2) is 59.5 Å². The molecular weight excluding hydrogens is 376 g/mol. The van der Waals surface area contributed by atoms with Crippen LogP contribution in [0, 0.1) is 5.92 Å². The van der Waals surface area contributed by atoms with E-state index >= 15 is 0 Å². The summed E-state index contributed by atoms with van der Waals surface area (Å²) < 4.78 is 32.9. The molecule has 150 valence electrons. The fourth-order valence-corrected chi connectivity index (χ4v) is 5.09. The van der Waals surface area contributed by atoms with Gasteiger partial charge in [-0.25, -0.2) is 8.42 Å². The highest BCUT2D eigenvalue weighted by atomic mass is 32.2. The third kappa shape index (κ3) is 4.20. The summed E-state index contributed by atoms with van der Waals surface area (Å²) in [5.74, 6) is -0.154. The molecule has 0 aliphatic carbocycles. The van der Waals surface area contributed by atoms with Gasteiger partial charge in [0.1, 0.15) is 5.75 Å². The number of hydrogen-bond acceptors (Lipinski definition) is 4. The molecule has 1 aliphatic heterocycles. The van der Waals surface area contributed by atoms with Gasteiger partial charge in [-0.15, -0.1) is 0 Å². The maximum absolute atomic E-state index is 13.1. The predicted octanol–water partition coefficient (Wildman–Crippen LogP) is 2.62. The van der Waals surface area contributed by atoms with Gasteiger partial charge < -0.3 is 10.1 Å². The standard InChI is InChI=1S/C21H26N2O4S/c1-15(2)22-21(24)20-14-23(28(25,26)18-10-5-4-6-11-18)13-19(20)16-8-7-9-17(12-16)27-3/h4-12,15,19-20H,13-14H2,1-3H3,(H,22,24). The van der Waals surface area contributed by atoms with E-state index in [2.05, 4.69) is 5.32 Å². The van der Waals surface area contributed by atoms with Crippen molar-refractivity contribution in [1.82, 2.24) is 9.62 Å². The lowest BCUT2D eigenvalue weighted by Crippen LogP contribution is -2.39. The maximum atomic E-state index is 13.1. The second-order valence-electron chi connectivity index (χ2n) is 7.29. The maximum Gasteiger partial charge on any atom is 0.243 e. The number of sulfonamides is 1. The Morgan fingerprint density at radius 3 is 2.46 bits per heavy atom. The second kappa shape index (κ2) is 8.32. The first-order chi connectivity index (χ1) is 13.3. The number of carbonyl (C=O) groups excluding carboxylic acids is 1. The minimum atomic E-state index is -3.67. The molecule has 0 spiro atoms.